The quantitative estimate of drug-likeness (QED) is 0.878. The van der Waals surface area contributed by atoms with Crippen LogP contribution in [0.4, 0.5) is 5.13 Å². The third-order valence-corrected chi connectivity index (χ3v) is 3.79. The van der Waals surface area contributed by atoms with E-state index in [1.165, 1.54) is 11.3 Å². The molecular weight excluding hydrogens is 286 g/mol. The summed E-state index contributed by atoms with van der Waals surface area (Å²) in [5.41, 5.74) is 0.398. The second-order valence-corrected chi connectivity index (χ2v) is 7.03. The molecule has 1 rings (SSSR count). The van der Waals surface area contributed by atoms with Gasteiger partial charge < -0.3 is 10.2 Å². The Balaban J connectivity index is 2.67. The zero-order valence-corrected chi connectivity index (χ0v) is 14.3. The molecule has 21 heavy (non-hydrogen) atoms. The van der Waals surface area contributed by atoms with Crippen LogP contribution in [0.25, 0.3) is 0 Å². The number of rotatable bonds is 6. The van der Waals surface area contributed by atoms with Gasteiger partial charge in [0.1, 0.15) is 0 Å². The molecule has 0 aliphatic heterocycles. The van der Waals surface area contributed by atoms with Crippen molar-refractivity contribution < 1.29 is 9.59 Å². The van der Waals surface area contributed by atoms with Crippen molar-refractivity contribution in [1.82, 2.24) is 9.88 Å². The number of hydrogen-bond acceptors (Lipinski definition) is 4. The van der Waals surface area contributed by atoms with Crippen molar-refractivity contribution in [2.45, 2.75) is 47.5 Å². The van der Waals surface area contributed by atoms with Gasteiger partial charge in [0, 0.05) is 17.3 Å². The van der Waals surface area contributed by atoms with Crippen LogP contribution in [0.1, 0.15) is 46.2 Å². The van der Waals surface area contributed by atoms with Crippen molar-refractivity contribution >= 4 is 28.3 Å². The predicted octanol–water partition coefficient (Wildman–Crippen LogP) is 3.06. The van der Waals surface area contributed by atoms with Crippen LogP contribution < -0.4 is 5.32 Å². The Bertz CT molecular complexity index is 491. The molecule has 0 aromatic carbocycles. The molecule has 0 spiro atoms. The highest BCUT2D eigenvalue weighted by Crippen LogP contribution is 2.18. The van der Waals surface area contributed by atoms with Crippen LogP contribution in [0.5, 0.6) is 0 Å². The monoisotopic (exact) mass is 311 g/mol. The molecular formula is C15H25N3O2S. The molecule has 0 radical (unpaired) electrons. The summed E-state index contributed by atoms with van der Waals surface area (Å²) in [6.45, 7) is 10.2. The Morgan fingerprint density at radius 2 is 2.05 bits per heavy atom. The first-order valence-electron chi connectivity index (χ1n) is 7.25. The molecule has 0 fully saturated rings. The molecule has 2 amide bonds. The summed E-state index contributed by atoms with van der Waals surface area (Å²) >= 11 is 1.39. The predicted molar refractivity (Wildman–Crippen MR) is 86.4 cm³/mol. The van der Waals surface area contributed by atoms with Crippen molar-refractivity contribution in [3.8, 4) is 0 Å². The van der Waals surface area contributed by atoms with Gasteiger partial charge in [0.05, 0.1) is 12.2 Å². The SMILES string of the molecule is CCCCN(CC(=O)Nc1nc(C)cs1)C(=O)C(C)(C)C. The molecule has 1 N–H and O–H groups in total. The maximum Gasteiger partial charge on any atom is 0.245 e. The zero-order valence-electron chi connectivity index (χ0n) is 13.5. The number of anilines is 1. The van der Waals surface area contributed by atoms with E-state index >= 15 is 0 Å². The summed E-state index contributed by atoms with van der Waals surface area (Å²) < 4.78 is 0. The van der Waals surface area contributed by atoms with Crippen molar-refractivity contribution in [2.24, 2.45) is 5.41 Å². The summed E-state index contributed by atoms with van der Waals surface area (Å²) in [5.74, 6) is -0.195. The first-order chi connectivity index (χ1) is 9.74. The summed E-state index contributed by atoms with van der Waals surface area (Å²) in [6, 6.07) is 0. The molecule has 1 aromatic rings. The summed E-state index contributed by atoms with van der Waals surface area (Å²) in [6.07, 6.45) is 1.88. The summed E-state index contributed by atoms with van der Waals surface area (Å²) in [4.78, 5) is 30.3. The minimum atomic E-state index is -0.480. The number of aromatic nitrogens is 1. The number of nitrogens with one attached hydrogen (secondary N) is 1. The topological polar surface area (TPSA) is 62.3 Å². The highest BCUT2D eigenvalue weighted by atomic mass is 32.1. The minimum Gasteiger partial charge on any atom is -0.333 e. The molecule has 1 heterocycles. The standard InChI is InChI=1S/C15H25N3O2S/c1-6-7-8-18(13(20)15(3,4)5)9-12(19)17-14-16-11(2)10-21-14/h10H,6-9H2,1-5H3,(H,16,17,19). The van der Waals surface area contributed by atoms with E-state index in [4.69, 9.17) is 0 Å². The number of thiazole rings is 1. The Morgan fingerprint density at radius 1 is 1.38 bits per heavy atom. The molecule has 0 bridgehead atoms. The lowest BCUT2D eigenvalue weighted by molar-refractivity contribution is -0.141. The molecule has 5 nitrogen and oxygen atoms in total. The lowest BCUT2D eigenvalue weighted by atomic mass is 9.94. The van der Waals surface area contributed by atoms with Crippen LogP contribution >= 0.6 is 11.3 Å². The summed E-state index contributed by atoms with van der Waals surface area (Å²) in [7, 11) is 0. The molecule has 0 saturated carbocycles. The van der Waals surface area contributed by atoms with Crippen LogP contribution in [0, 0.1) is 12.3 Å². The number of hydrogen-bond donors (Lipinski definition) is 1. The van der Waals surface area contributed by atoms with Gasteiger partial charge in [-0.05, 0) is 13.3 Å². The van der Waals surface area contributed by atoms with Gasteiger partial charge in [-0.15, -0.1) is 11.3 Å². The number of carbonyl (C=O) groups is 2. The van der Waals surface area contributed by atoms with E-state index < -0.39 is 5.41 Å². The normalized spacial score (nSPS) is 11.3. The Morgan fingerprint density at radius 3 is 2.52 bits per heavy atom. The maximum atomic E-state index is 12.4. The van der Waals surface area contributed by atoms with Gasteiger partial charge >= 0.3 is 0 Å². The van der Waals surface area contributed by atoms with Gasteiger partial charge in [0.15, 0.2) is 5.13 Å². The first-order valence-corrected chi connectivity index (χ1v) is 8.13. The number of amides is 2. The number of aryl methyl sites for hydroxylation is 1. The van der Waals surface area contributed by atoms with Crippen LogP contribution in [0.2, 0.25) is 0 Å². The van der Waals surface area contributed by atoms with Gasteiger partial charge in [-0.25, -0.2) is 4.98 Å². The van der Waals surface area contributed by atoms with Crippen LogP contribution in [0.3, 0.4) is 0 Å². The van der Waals surface area contributed by atoms with E-state index in [-0.39, 0.29) is 18.4 Å². The Labute approximate surface area is 130 Å². The van der Waals surface area contributed by atoms with E-state index in [1.807, 2.05) is 33.1 Å². The summed E-state index contributed by atoms with van der Waals surface area (Å²) in [5, 5.41) is 5.21. The third kappa shape index (κ3) is 5.83. The molecule has 0 saturated heterocycles. The van der Waals surface area contributed by atoms with E-state index in [2.05, 4.69) is 17.2 Å². The smallest absolute Gasteiger partial charge is 0.245 e. The lowest BCUT2D eigenvalue weighted by Gasteiger charge is -2.28. The van der Waals surface area contributed by atoms with Crippen LogP contribution in [-0.2, 0) is 9.59 Å². The maximum absolute atomic E-state index is 12.4. The number of nitrogens with zero attached hydrogens (tertiary/aromatic N) is 2. The fraction of sp³-hybridized carbons (Fsp3) is 0.667. The van der Waals surface area contributed by atoms with Crippen molar-refractivity contribution in [1.29, 1.82) is 0 Å². The van der Waals surface area contributed by atoms with E-state index in [9.17, 15) is 9.59 Å². The van der Waals surface area contributed by atoms with Crippen LogP contribution in [0.15, 0.2) is 5.38 Å². The fourth-order valence-electron chi connectivity index (χ4n) is 1.82. The zero-order chi connectivity index (χ0) is 16.0. The van der Waals surface area contributed by atoms with Gasteiger partial charge in [-0.1, -0.05) is 34.1 Å². The first kappa shape index (κ1) is 17.6. The van der Waals surface area contributed by atoms with Crippen molar-refractivity contribution in [3.63, 3.8) is 0 Å². The largest absolute Gasteiger partial charge is 0.333 e. The molecule has 0 atom stereocenters. The Kier molecular flexibility index (Phi) is 6.33. The number of unbranched alkanes of at least 4 members (excludes halogenated alkanes) is 1. The third-order valence-electron chi connectivity index (χ3n) is 2.91. The minimum absolute atomic E-state index is 0.00131. The average Bonchev–Trinajstić information content (AvgIpc) is 2.77. The molecule has 0 aliphatic rings. The van der Waals surface area contributed by atoms with Gasteiger partial charge in [0.2, 0.25) is 11.8 Å². The van der Waals surface area contributed by atoms with Gasteiger partial charge in [-0.2, -0.15) is 0 Å². The van der Waals surface area contributed by atoms with E-state index in [1.54, 1.807) is 4.90 Å². The second kappa shape index (κ2) is 7.54. The molecule has 0 unspecified atom stereocenters. The highest BCUT2D eigenvalue weighted by molar-refractivity contribution is 7.13. The van der Waals surface area contributed by atoms with Crippen molar-refractivity contribution in [3.05, 3.63) is 11.1 Å². The van der Waals surface area contributed by atoms with Crippen molar-refractivity contribution in [2.75, 3.05) is 18.4 Å². The molecule has 118 valence electrons. The fourth-order valence-corrected chi connectivity index (χ4v) is 2.52. The molecule has 1 aromatic heterocycles. The van der Waals surface area contributed by atoms with Gasteiger partial charge in [-0.3, -0.25) is 9.59 Å². The molecule has 6 heteroatoms. The van der Waals surface area contributed by atoms with Crippen LogP contribution in [-0.4, -0.2) is 34.8 Å². The van der Waals surface area contributed by atoms with Gasteiger partial charge in [0.25, 0.3) is 0 Å². The highest BCUT2D eigenvalue weighted by Gasteiger charge is 2.28. The second-order valence-electron chi connectivity index (χ2n) is 6.17. The lowest BCUT2D eigenvalue weighted by Crippen LogP contribution is -2.44. The van der Waals surface area contributed by atoms with E-state index in [0.717, 1.165) is 18.5 Å². The average molecular weight is 311 g/mol. The molecule has 0 aliphatic carbocycles. The van der Waals surface area contributed by atoms with E-state index in [0.29, 0.717) is 11.7 Å². The number of carbonyl (C=O) groups excluding carboxylic acids is 2. The Hall–Kier alpha value is -1.43.